The lowest BCUT2D eigenvalue weighted by Gasteiger charge is -2.21. The molecule has 0 spiro atoms. The molecule has 0 saturated carbocycles. The zero-order valence-corrected chi connectivity index (χ0v) is 16.3. The smallest absolute Gasteiger partial charge is 0.413 e. The lowest BCUT2D eigenvalue weighted by Crippen LogP contribution is -2.16. The summed E-state index contributed by atoms with van der Waals surface area (Å²) in [5.41, 5.74) is -0.0447. The molecule has 140 valence electrons. The molecule has 0 radical (unpaired) electrons. The van der Waals surface area contributed by atoms with Gasteiger partial charge in [0.25, 0.3) is 0 Å². The van der Waals surface area contributed by atoms with Gasteiger partial charge in [-0.15, -0.1) is 0 Å². The van der Waals surface area contributed by atoms with Gasteiger partial charge in [-0.3, -0.25) is 4.98 Å². The normalized spacial score (nSPS) is 12.0. The van der Waals surface area contributed by atoms with E-state index < -0.39 is 0 Å². The number of unbranched alkanes of at least 4 members (excludes halogenated alkanes) is 12. The van der Waals surface area contributed by atoms with Crippen molar-refractivity contribution in [2.24, 2.45) is 0 Å². The zero-order chi connectivity index (χ0) is 17.7. The van der Waals surface area contributed by atoms with Crippen LogP contribution >= 0.6 is 0 Å². The van der Waals surface area contributed by atoms with Gasteiger partial charge in [0, 0.05) is 11.6 Å². The standard InChI is InChI=1S/C21H39NO2/c1-4-5-6-7-8-9-10-11-12-13-14-15-16-17-21(2,3)19-18-22-20(23)24-19/h18H,4-17H2,1-3H3,(H,22,23). The maximum atomic E-state index is 11.1. The van der Waals surface area contributed by atoms with E-state index in [9.17, 15) is 4.79 Å². The molecule has 1 aromatic rings. The number of hydrogen-bond acceptors (Lipinski definition) is 2. The minimum atomic E-state index is -0.344. The Hall–Kier alpha value is -0.990. The summed E-state index contributed by atoms with van der Waals surface area (Å²) in [5.74, 6) is 0.440. The molecule has 0 fully saturated rings. The highest BCUT2D eigenvalue weighted by atomic mass is 16.4. The average molecular weight is 338 g/mol. The Balaban J connectivity index is 1.91. The first-order valence-electron chi connectivity index (χ1n) is 10.3. The monoisotopic (exact) mass is 337 g/mol. The molecule has 0 amide bonds. The number of rotatable bonds is 15. The van der Waals surface area contributed by atoms with Crippen molar-refractivity contribution >= 4 is 0 Å². The molecule has 0 saturated heterocycles. The molecule has 24 heavy (non-hydrogen) atoms. The third kappa shape index (κ3) is 9.34. The number of aromatic amines is 1. The van der Waals surface area contributed by atoms with Crippen LogP contribution in [-0.2, 0) is 5.41 Å². The fourth-order valence-electron chi connectivity index (χ4n) is 3.32. The van der Waals surface area contributed by atoms with Crippen molar-refractivity contribution in [1.82, 2.24) is 4.98 Å². The largest absolute Gasteiger partial charge is 0.416 e. The Morgan fingerprint density at radius 3 is 1.71 bits per heavy atom. The van der Waals surface area contributed by atoms with Crippen molar-refractivity contribution < 1.29 is 4.42 Å². The van der Waals surface area contributed by atoms with Crippen molar-refractivity contribution in [3.63, 3.8) is 0 Å². The number of hydrogen-bond donors (Lipinski definition) is 1. The van der Waals surface area contributed by atoms with Crippen LogP contribution in [-0.4, -0.2) is 4.98 Å². The molecule has 0 unspecified atom stereocenters. The minimum Gasteiger partial charge on any atom is -0.413 e. The third-order valence-electron chi connectivity index (χ3n) is 5.10. The van der Waals surface area contributed by atoms with Crippen molar-refractivity contribution in [1.29, 1.82) is 0 Å². The van der Waals surface area contributed by atoms with Gasteiger partial charge in [-0.1, -0.05) is 104 Å². The molecular formula is C21H39NO2. The SMILES string of the molecule is CCCCCCCCCCCCCCCC(C)(C)c1c[nH]c(=O)o1. The number of oxazole rings is 1. The van der Waals surface area contributed by atoms with Crippen LogP contribution in [0.5, 0.6) is 0 Å². The molecule has 1 aromatic heterocycles. The van der Waals surface area contributed by atoms with Gasteiger partial charge < -0.3 is 4.42 Å². The van der Waals surface area contributed by atoms with E-state index in [0.29, 0.717) is 0 Å². The van der Waals surface area contributed by atoms with Gasteiger partial charge in [-0.25, -0.2) is 4.79 Å². The molecule has 3 nitrogen and oxygen atoms in total. The quantitative estimate of drug-likeness (QED) is 0.361. The first-order chi connectivity index (χ1) is 11.6. The average Bonchev–Trinajstić information content (AvgIpc) is 2.99. The van der Waals surface area contributed by atoms with E-state index >= 15 is 0 Å². The van der Waals surface area contributed by atoms with Crippen LogP contribution in [0, 0.1) is 0 Å². The molecule has 0 atom stereocenters. The van der Waals surface area contributed by atoms with Crippen molar-refractivity contribution in [3.8, 4) is 0 Å². The van der Waals surface area contributed by atoms with E-state index in [2.05, 4.69) is 25.8 Å². The van der Waals surface area contributed by atoms with Crippen LogP contribution < -0.4 is 5.76 Å². The summed E-state index contributed by atoms with van der Waals surface area (Å²) in [5, 5.41) is 0. The summed E-state index contributed by atoms with van der Waals surface area (Å²) in [4.78, 5) is 13.7. The van der Waals surface area contributed by atoms with Gasteiger partial charge in [0.2, 0.25) is 0 Å². The number of H-pyrrole nitrogens is 1. The summed E-state index contributed by atoms with van der Waals surface area (Å²) >= 11 is 0. The summed E-state index contributed by atoms with van der Waals surface area (Å²) < 4.78 is 5.20. The maximum Gasteiger partial charge on any atom is 0.416 e. The van der Waals surface area contributed by atoms with E-state index in [1.807, 2.05) is 0 Å². The first-order valence-corrected chi connectivity index (χ1v) is 10.3. The summed E-state index contributed by atoms with van der Waals surface area (Å²) in [7, 11) is 0. The summed E-state index contributed by atoms with van der Waals surface area (Å²) in [6, 6.07) is 0. The van der Waals surface area contributed by atoms with Crippen molar-refractivity contribution in [3.05, 3.63) is 22.5 Å². The molecule has 0 aromatic carbocycles. The second-order valence-corrected chi connectivity index (χ2v) is 7.92. The predicted octanol–water partition coefficient (Wildman–Crippen LogP) is 6.73. The van der Waals surface area contributed by atoms with Gasteiger partial charge in [-0.05, 0) is 6.42 Å². The van der Waals surface area contributed by atoms with Gasteiger partial charge >= 0.3 is 5.76 Å². The van der Waals surface area contributed by atoms with Gasteiger partial charge in [0.15, 0.2) is 0 Å². The predicted molar refractivity (Wildman–Crippen MR) is 103 cm³/mol. The molecule has 0 aliphatic carbocycles. The zero-order valence-electron chi connectivity index (χ0n) is 16.3. The Labute approximate surface area is 148 Å². The number of nitrogens with one attached hydrogen (secondary N) is 1. The fourth-order valence-corrected chi connectivity index (χ4v) is 3.32. The molecule has 0 bridgehead atoms. The molecule has 1 N–H and O–H groups in total. The topological polar surface area (TPSA) is 46.0 Å². The van der Waals surface area contributed by atoms with Crippen LogP contribution in [0.4, 0.5) is 0 Å². The third-order valence-corrected chi connectivity index (χ3v) is 5.10. The van der Waals surface area contributed by atoms with E-state index in [0.717, 1.165) is 12.2 Å². The van der Waals surface area contributed by atoms with Crippen LogP contribution in [0.2, 0.25) is 0 Å². The van der Waals surface area contributed by atoms with Crippen LogP contribution in [0.25, 0.3) is 0 Å². The van der Waals surface area contributed by atoms with E-state index in [1.54, 1.807) is 6.20 Å². The molecule has 1 heterocycles. The maximum absolute atomic E-state index is 11.1. The molecular weight excluding hydrogens is 298 g/mol. The Morgan fingerprint density at radius 2 is 1.29 bits per heavy atom. The van der Waals surface area contributed by atoms with Crippen molar-refractivity contribution in [2.45, 2.75) is 116 Å². The van der Waals surface area contributed by atoms with Gasteiger partial charge in [0.1, 0.15) is 5.76 Å². The second-order valence-electron chi connectivity index (χ2n) is 7.92. The highest BCUT2D eigenvalue weighted by molar-refractivity contribution is 5.05. The number of aromatic nitrogens is 1. The lowest BCUT2D eigenvalue weighted by molar-refractivity contribution is 0.339. The summed E-state index contributed by atoms with van der Waals surface area (Å²) in [6.07, 6.45) is 20.7. The molecule has 3 heteroatoms. The Kier molecular flexibility index (Phi) is 10.9. The van der Waals surface area contributed by atoms with Crippen LogP contribution in [0.15, 0.2) is 15.4 Å². The van der Waals surface area contributed by atoms with Crippen molar-refractivity contribution in [2.75, 3.05) is 0 Å². The van der Waals surface area contributed by atoms with Crippen LogP contribution in [0.1, 0.15) is 116 Å². The Bertz CT molecular complexity index is 458. The van der Waals surface area contributed by atoms with Gasteiger partial charge in [0.05, 0.1) is 0 Å². The molecule has 0 aliphatic heterocycles. The van der Waals surface area contributed by atoms with Gasteiger partial charge in [-0.2, -0.15) is 0 Å². The van der Waals surface area contributed by atoms with Crippen LogP contribution in [0.3, 0.4) is 0 Å². The Morgan fingerprint density at radius 1 is 0.833 bits per heavy atom. The fraction of sp³-hybridized carbons (Fsp3) is 0.857. The second kappa shape index (κ2) is 12.4. The van der Waals surface area contributed by atoms with E-state index in [-0.39, 0.29) is 11.2 Å². The highest BCUT2D eigenvalue weighted by Crippen LogP contribution is 2.28. The van der Waals surface area contributed by atoms with E-state index in [4.69, 9.17) is 4.42 Å². The van der Waals surface area contributed by atoms with E-state index in [1.165, 1.54) is 83.5 Å². The lowest BCUT2D eigenvalue weighted by atomic mass is 9.84. The molecule has 1 rings (SSSR count). The summed E-state index contributed by atoms with van der Waals surface area (Å²) in [6.45, 7) is 6.58. The highest BCUT2D eigenvalue weighted by Gasteiger charge is 2.23. The molecule has 0 aliphatic rings. The minimum absolute atomic E-state index is 0.0447. The first kappa shape index (κ1) is 21.1.